The largest absolute Gasteiger partial charge is 0.494 e. The van der Waals surface area contributed by atoms with Crippen molar-refractivity contribution in [3.8, 4) is 5.75 Å². The van der Waals surface area contributed by atoms with E-state index in [9.17, 15) is 4.79 Å². The summed E-state index contributed by atoms with van der Waals surface area (Å²) in [5.41, 5.74) is 4.30. The van der Waals surface area contributed by atoms with E-state index in [0.717, 1.165) is 36.3 Å². The van der Waals surface area contributed by atoms with E-state index in [1.807, 2.05) is 36.4 Å². The van der Waals surface area contributed by atoms with Crippen molar-refractivity contribution in [1.29, 1.82) is 0 Å². The zero-order valence-electron chi connectivity index (χ0n) is 13.7. The van der Waals surface area contributed by atoms with E-state index in [0.29, 0.717) is 5.02 Å². The van der Waals surface area contributed by atoms with Crippen LogP contribution >= 0.6 is 11.6 Å². The molecule has 0 aliphatic rings. The maximum absolute atomic E-state index is 11.8. The Morgan fingerprint density at radius 1 is 1.17 bits per heavy atom. The SMILES string of the molecule is CCCCOc1ccc(/C=N\NC(=O)Cc2ccc(Cl)cc2)cc1. The molecule has 0 heterocycles. The predicted molar refractivity (Wildman–Crippen MR) is 97.7 cm³/mol. The minimum absolute atomic E-state index is 0.173. The second-order valence-corrected chi connectivity index (χ2v) is 5.80. The number of rotatable bonds is 8. The quantitative estimate of drug-likeness (QED) is 0.443. The standard InChI is InChI=1S/C19H21ClN2O2/c1-2-3-12-24-18-10-6-16(7-11-18)14-21-22-19(23)13-15-4-8-17(20)9-5-15/h4-11,14H,2-3,12-13H2,1H3,(H,22,23)/b21-14-. The van der Waals surface area contributed by atoms with Crippen LogP contribution in [0.15, 0.2) is 53.6 Å². The van der Waals surface area contributed by atoms with Crippen molar-refractivity contribution in [3.63, 3.8) is 0 Å². The van der Waals surface area contributed by atoms with Crippen LogP contribution < -0.4 is 10.2 Å². The number of carbonyl (C=O) groups excluding carboxylic acids is 1. The van der Waals surface area contributed by atoms with E-state index in [4.69, 9.17) is 16.3 Å². The third kappa shape index (κ3) is 6.42. The molecule has 5 heteroatoms. The molecule has 0 atom stereocenters. The minimum atomic E-state index is -0.173. The first-order chi connectivity index (χ1) is 11.7. The van der Waals surface area contributed by atoms with Gasteiger partial charge in [-0.2, -0.15) is 5.10 Å². The van der Waals surface area contributed by atoms with Crippen molar-refractivity contribution in [1.82, 2.24) is 5.43 Å². The molecule has 2 aromatic carbocycles. The summed E-state index contributed by atoms with van der Waals surface area (Å²) in [6.45, 7) is 2.86. The number of hydrogen-bond donors (Lipinski definition) is 1. The van der Waals surface area contributed by atoms with Gasteiger partial charge in [-0.25, -0.2) is 5.43 Å². The lowest BCUT2D eigenvalue weighted by atomic mass is 10.1. The fourth-order valence-electron chi connectivity index (χ4n) is 1.99. The number of hydrazone groups is 1. The van der Waals surface area contributed by atoms with Gasteiger partial charge in [-0.05, 0) is 53.9 Å². The van der Waals surface area contributed by atoms with Crippen molar-refractivity contribution in [2.45, 2.75) is 26.2 Å². The van der Waals surface area contributed by atoms with E-state index in [1.165, 1.54) is 0 Å². The van der Waals surface area contributed by atoms with Crippen molar-refractivity contribution >= 4 is 23.7 Å². The van der Waals surface area contributed by atoms with Gasteiger partial charge in [0.2, 0.25) is 5.91 Å². The molecule has 0 spiro atoms. The highest BCUT2D eigenvalue weighted by atomic mass is 35.5. The van der Waals surface area contributed by atoms with Gasteiger partial charge in [0.25, 0.3) is 0 Å². The zero-order chi connectivity index (χ0) is 17.2. The molecule has 0 saturated carbocycles. The molecule has 0 aliphatic heterocycles. The van der Waals surface area contributed by atoms with Crippen molar-refractivity contribution in [3.05, 3.63) is 64.7 Å². The average molecular weight is 345 g/mol. The normalized spacial score (nSPS) is 10.8. The Bertz CT molecular complexity index is 667. The highest BCUT2D eigenvalue weighted by Crippen LogP contribution is 2.12. The highest BCUT2D eigenvalue weighted by molar-refractivity contribution is 6.30. The van der Waals surface area contributed by atoms with Crippen LogP contribution in [-0.2, 0) is 11.2 Å². The Balaban J connectivity index is 1.78. The lowest BCUT2D eigenvalue weighted by molar-refractivity contribution is -0.120. The van der Waals surface area contributed by atoms with Crippen LogP contribution in [0.25, 0.3) is 0 Å². The van der Waals surface area contributed by atoms with Gasteiger partial charge in [-0.15, -0.1) is 0 Å². The van der Waals surface area contributed by atoms with E-state index in [-0.39, 0.29) is 12.3 Å². The molecular formula is C19H21ClN2O2. The number of amides is 1. The monoisotopic (exact) mass is 344 g/mol. The molecule has 0 saturated heterocycles. The van der Waals surface area contributed by atoms with Crippen LogP contribution in [0, 0.1) is 0 Å². The molecule has 4 nitrogen and oxygen atoms in total. The van der Waals surface area contributed by atoms with Crippen LogP contribution in [0.2, 0.25) is 5.02 Å². The fraction of sp³-hybridized carbons (Fsp3) is 0.263. The molecule has 126 valence electrons. The topological polar surface area (TPSA) is 50.7 Å². The van der Waals surface area contributed by atoms with Gasteiger partial charge in [-0.3, -0.25) is 4.79 Å². The first kappa shape index (κ1) is 18.0. The van der Waals surface area contributed by atoms with Crippen molar-refractivity contribution in [2.75, 3.05) is 6.61 Å². The molecule has 1 N–H and O–H groups in total. The number of carbonyl (C=O) groups is 1. The Labute approximate surface area is 147 Å². The van der Waals surface area contributed by atoms with Gasteiger partial charge in [0.1, 0.15) is 5.75 Å². The van der Waals surface area contributed by atoms with Crippen LogP contribution in [0.1, 0.15) is 30.9 Å². The third-order valence-corrected chi connectivity index (χ3v) is 3.58. The first-order valence-electron chi connectivity index (χ1n) is 7.96. The summed E-state index contributed by atoms with van der Waals surface area (Å²) in [4.78, 5) is 11.8. The van der Waals surface area contributed by atoms with Crippen LogP contribution in [-0.4, -0.2) is 18.7 Å². The molecule has 0 fully saturated rings. The number of hydrogen-bond acceptors (Lipinski definition) is 3. The van der Waals surface area contributed by atoms with Gasteiger partial charge in [-0.1, -0.05) is 37.1 Å². The van der Waals surface area contributed by atoms with E-state index in [2.05, 4.69) is 17.5 Å². The van der Waals surface area contributed by atoms with E-state index >= 15 is 0 Å². The summed E-state index contributed by atoms with van der Waals surface area (Å²) in [5.74, 6) is 0.667. The summed E-state index contributed by atoms with van der Waals surface area (Å²) in [6, 6.07) is 14.8. The smallest absolute Gasteiger partial charge is 0.244 e. The molecule has 0 bridgehead atoms. The van der Waals surface area contributed by atoms with Crippen molar-refractivity contribution < 1.29 is 9.53 Å². The van der Waals surface area contributed by atoms with E-state index < -0.39 is 0 Å². The van der Waals surface area contributed by atoms with E-state index in [1.54, 1.807) is 18.3 Å². The Morgan fingerprint density at radius 3 is 2.54 bits per heavy atom. The summed E-state index contributed by atoms with van der Waals surface area (Å²) >= 11 is 5.81. The molecule has 0 unspecified atom stereocenters. The Hall–Kier alpha value is -2.33. The molecule has 1 amide bonds. The number of nitrogens with one attached hydrogen (secondary N) is 1. The van der Waals surface area contributed by atoms with Gasteiger partial charge < -0.3 is 4.74 Å². The molecule has 2 rings (SSSR count). The van der Waals surface area contributed by atoms with Gasteiger partial charge in [0, 0.05) is 5.02 Å². The number of unbranched alkanes of at least 4 members (excludes halogenated alkanes) is 1. The van der Waals surface area contributed by atoms with Gasteiger partial charge >= 0.3 is 0 Å². The average Bonchev–Trinajstić information content (AvgIpc) is 2.59. The van der Waals surface area contributed by atoms with Crippen molar-refractivity contribution in [2.24, 2.45) is 5.10 Å². The molecule has 0 aliphatic carbocycles. The third-order valence-electron chi connectivity index (χ3n) is 3.33. The molecular weight excluding hydrogens is 324 g/mol. The predicted octanol–water partition coefficient (Wildman–Crippen LogP) is 4.21. The van der Waals surface area contributed by atoms with Gasteiger partial charge in [0.05, 0.1) is 19.2 Å². The van der Waals surface area contributed by atoms with Crippen LogP contribution in [0.4, 0.5) is 0 Å². The number of benzene rings is 2. The number of nitrogens with zero attached hydrogens (tertiary/aromatic N) is 1. The Morgan fingerprint density at radius 2 is 1.88 bits per heavy atom. The minimum Gasteiger partial charge on any atom is -0.494 e. The summed E-state index contributed by atoms with van der Waals surface area (Å²) in [5, 5.41) is 4.62. The summed E-state index contributed by atoms with van der Waals surface area (Å²) in [7, 11) is 0. The Kier molecular flexibility index (Phi) is 7.30. The second kappa shape index (κ2) is 9.73. The molecule has 0 radical (unpaired) electrons. The molecule has 24 heavy (non-hydrogen) atoms. The van der Waals surface area contributed by atoms with Crippen LogP contribution in [0.3, 0.4) is 0 Å². The fourth-order valence-corrected chi connectivity index (χ4v) is 2.12. The lowest BCUT2D eigenvalue weighted by Crippen LogP contribution is -2.19. The summed E-state index contributed by atoms with van der Waals surface area (Å²) < 4.78 is 5.60. The highest BCUT2D eigenvalue weighted by Gasteiger charge is 2.01. The lowest BCUT2D eigenvalue weighted by Gasteiger charge is -2.05. The maximum atomic E-state index is 11.8. The summed E-state index contributed by atoms with van der Waals surface area (Å²) in [6.07, 6.45) is 4.03. The zero-order valence-corrected chi connectivity index (χ0v) is 14.4. The first-order valence-corrected chi connectivity index (χ1v) is 8.34. The number of halogens is 1. The van der Waals surface area contributed by atoms with Gasteiger partial charge in [0.15, 0.2) is 0 Å². The molecule has 0 aromatic heterocycles. The maximum Gasteiger partial charge on any atom is 0.244 e. The molecule has 2 aromatic rings. The second-order valence-electron chi connectivity index (χ2n) is 5.37. The number of ether oxygens (including phenoxy) is 1. The van der Waals surface area contributed by atoms with Crippen LogP contribution in [0.5, 0.6) is 5.75 Å².